The lowest BCUT2D eigenvalue weighted by Gasteiger charge is -2.33. The molecule has 11 heteroatoms. The predicted octanol–water partition coefficient (Wildman–Crippen LogP) is 0.549. The smallest absolute Gasteiger partial charge is 0.265 e. The highest BCUT2D eigenvalue weighted by Crippen LogP contribution is 2.21. The first-order valence-corrected chi connectivity index (χ1v) is 9.76. The molecule has 0 atom stereocenters. The van der Waals surface area contributed by atoms with Crippen LogP contribution in [0.5, 0.6) is 0 Å². The minimum absolute atomic E-state index is 0.0174. The number of rotatable bonds is 4. The highest BCUT2D eigenvalue weighted by Gasteiger charge is 2.32. The number of piperazine rings is 1. The number of primary amides is 1. The summed E-state index contributed by atoms with van der Waals surface area (Å²) in [6.45, 7) is -0.00926. The van der Waals surface area contributed by atoms with Crippen LogP contribution in [0.2, 0.25) is 0 Å². The summed E-state index contributed by atoms with van der Waals surface area (Å²) in [4.78, 5) is 24.9. The summed E-state index contributed by atoms with van der Waals surface area (Å²) in [5, 5.41) is 0. The molecule has 1 aliphatic heterocycles. The summed E-state index contributed by atoms with van der Waals surface area (Å²) in [6.07, 6.45) is 1.29. The number of hydrogen-bond donors (Lipinski definition) is 1. The monoisotopic (exact) mass is 412 g/mol. The minimum atomic E-state index is -3.89. The van der Waals surface area contributed by atoms with E-state index >= 15 is 0 Å². The number of aromatic nitrogens is 1. The maximum atomic E-state index is 13.8. The van der Waals surface area contributed by atoms with E-state index in [1.165, 1.54) is 33.1 Å². The Morgan fingerprint density at radius 1 is 1.07 bits per heavy atom. The third kappa shape index (κ3) is 3.62. The van der Waals surface area contributed by atoms with Gasteiger partial charge in [-0.05, 0) is 24.3 Å². The molecule has 28 heavy (non-hydrogen) atoms. The second-order valence-electron chi connectivity index (χ2n) is 6.36. The molecule has 1 saturated heterocycles. The Kier molecular flexibility index (Phi) is 5.22. The van der Waals surface area contributed by atoms with Gasteiger partial charge in [-0.15, -0.1) is 0 Å². The number of halogens is 2. The van der Waals surface area contributed by atoms with E-state index in [-0.39, 0.29) is 36.8 Å². The van der Waals surface area contributed by atoms with E-state index in [0.717, 1.165) is 18.2 Å². The number of carbonyl (C=O) groups excluding carboxylic acids is 2. The summed E-state index contributed by atoms with van der Waals surface area (Å²) in [6, 6.07) is 3.79. The molecule has 2 heterocycles. The Bertz CT molecular complexity index is 1040. The molecule has 0 bridgehead atoms. The van der Waals surface area contributed by atoms with Gasteiger partial charge in [0.25, 0.3) is 11.8 Å². The summed E-state index contributed by atoms with van der Waals surface area (Å²) in [5.41, 5.74) is 4.86. The molecule has 2 aromatic rings. The van der Waals surface area contributed by atoms with E-state index in [9.17, 15) is 26.8 Å². The molecular formula is C17H18F2N4O4S. The van der Waals surface area contributed by atoms with Crippen molar-refractivity contribution in [3.8, 4) is 0 Å². The highest BCUT2D eigenvalue weighted by atomic mass is 32.2. The molecule has 0 radical (unpaired) electrons. The Labute approximate surface area is 160 Å². The van der Waals surface area contributed by atoms with Gasteiger partial charge in [0.05, 0.1) is 5.56 Å². The van der Waals surface area contributed by atoms with Crippen molar-refractivity contribution in [2.75, 3.05) is 26.2 Å². The maximum absolute atomic E-state index is 13.8. The van der Waals surface area contributed by atoms with Gasteiger partial charge in [-0.1, -0.05) is 0 Å². The van der Waals surface area contributed by atoms with E-state index in [1.54, 1.807) is 0 Å². The van der Waals surface area contributed by atoms with Crippen molar-refractivity contribution in [3.05, 3.63) is 53.4 Å². The van der Waals surface area contributed by atoms with Crippen LogP contribution in [0.3, 0.4) is 0 Å². The molecule has 0 unspecified atom stereocenters. The largest absolute Gasteiger partial charge is 0.364 e. The standard InChI is InChI=1S/C17H18F2N4O4S/c1-21-10-12(9-15(21)16(20)24)28(26,27)23-6-4-22(5-7-23)17(25)13-8-11(18)2-3-14(13)19/h2-3,8-10H,4-7H2,1H3,(H2,20,24). The zero-order valence-electron chi connectivity index (χ0n) is 14.9. The Morgan fingerprint density at radius 3 is 2.29 bits per heavy atom. The van der Waals surface area contributed by atoms with Gasteiger partial charge in [0, 0.05) is 39.4 Å². The fraction of sp³-hybridized carbons (Fsp3) is 0.294. The first kappa shape index (κ1) is 20.0. The van der Waals surface area contributed by atoms with Crippen molar-refractivity contribution >= 4 is 21.8 Å². The molecule has 0 aliphatic carbocycles. The predicted molar refractivity (Wildman–Crippen MR) is 95.0 cm³/mol. The third-order valence-corrected chi connectivity index (χ3v) is 6.42. The lowest BCUT2D eigenvalue weighted by Crippen LogP contribution is -2.50. The van der Waals surface area contributed by atoms with Crippen LogP contribution in [0.4, 0.5) is 8.78 Å². The molecule has 1 aromatic heterocycles. The van der Waals surface area contributed by atoms with Gasteiger partial charge in [-0.3, -0.25) is 9.59 Å². The van der Waals surface area contributed by atoms with Gasteiger partial charge in [0.2, 0.25) is 10.0 Å². The van der Waals surface area contributed by atoms with Crippen molar-refractivity contribution in [2.24, 2.45) is 12.8 Å². The zero-order chi connectivity index (χ0) is 20.6. The number of benzene rings is 1. The van der Waals surface area contributed by atoms with Crippen LogP contribution in [0.25, 0.3) is 0 Å². The Hall–Kier alpha value is -2.79. The van der Waals surface area contributed by atoms with Crippen molar-refractivity contribution in [2.45, 2.75) is 4.90 Å². The van der Waals surface area contributed by atoms with Crippen LogP contribution in [0.15, 0.2) is 35.4 Å². The number of carbonyl (C=O) groups is 2. The number of nitrogens with two attached hydrogens (primary N) is 1. The zero-order valence-corrected chi connectivity index (χ0v) is 15.7. The molecule has 2 amide bonds. The van der Waals surface area contributed by atoms with Gasteiger partial charge in [0.15, 0.2) is 0 Å². The molecule has 1 aliphatic rings. The lowest BCUT2D eigenvalue weighted by molar-refractivity contribution is 0.0692. The quantitative estimate of drug-likeness (QED) is 0.792. The first-order valence-electron chi connectivity index (χ1n) is 8.32. The second kappa shape index (κ2) is 7.32. The van der Waals surface area contributed by atoms with E-state index in [1.807, 2.05) is 0 Å². The van der Waals surface area contributed by atoms with Gasteiger partial charge in [-0.2, -0.15) is 4.31 Å². The van der Waals surface area contributed by atoms with Gasteiger partial charge >= 0.3 is 0 Å². The average Bonchev–Trinajstić information content (AvgIpc) is 3.06. The van der Waals surface area contributed by atoms with E-state index in [0.29, 0.717) is 0 Å². The molecule has 1 fully saturated rings. The minimum Gasteiger partial charge on any atom is -0.364 e. The van der Waals surface area contributed by atoms with Crippen LogP contribution >= 0.6 is 0 Å². The maximum Gasteiger partial charge on any atom is 0.265 e. The highest BCUT2D eigenvalue weighted by molar-refractivity contribution is 7.89. The number of amides is 2. The lowest BCUT2D eigenvalue weighted by atomic mass is 10.1. The van der Waals surface area contributed by atoms with Crippen molar-refractivity contribution < 1.29 is 26.8 Å². The van der Waals surface area contributed by atoms with Gasteiger partial charge in [-0.25, -0.2) is 17.2 Å². The van der Waals surface area contributed by atoms with E-state index < -0.39 is 39.0 Å². The molecule has 1 aromatic carbocycles. The van der Waals surface area contributed by atoms with Crippen LogP contribution < -0.4 is 5.73 Å². The molecular weight excluding hydrogens is 394 g/mol. The molecule has 150 valence electrons. The van der Waals surface area contributed by atoms with Crippen LogP contribution in [0, 0.1) is 11.6 Å². The van der Waals surface area contributed by atoms with Gasteiger partial charge < -0.3 is 15.2 Å². The Balaban J connectivity index is 1.74. The number of aryl methyl sites for hydroxylation is 1. The second-order valence-corrected chi connectivity index (χ2v) is 8.29. The topological polar surface area (TPSA) is 106 Å². The third-order valence-electron chi connectivity index (χ3n) is 4.55. The molecule has 8 nitrogen and oxygen atoms in total. The number of nitrogens with zero attached hydrogens (tertiary/aromatic N) is 3. The summed E-state index contributed by atoms with van der Waals surface area (Å²) >= 11 is 0. The van der Waals surface area contributed by atoms with Crippen LogP contribution in [-0.4, -0.2) is 60.2 Å². The fourth-order valence-corrected chi connectivity index (χ4v) is 4.53. The molecule has 2 N–H and O–H groups in total. The summed E-state index contributed by atoms with van der Waals surface area (Å²) < 4.78 is 55.1. The van der Waals surface area contributed by atoms with E-state index in [4.69, 9.17) is 5.73 Å². The van der Waals surface area contributed by atoms with Crippen molar-refractivity contribution in [3.63, 3.8) is 0 Å². The summed E-state index contributed by atoms with van der Waals surface area (Å²) in [7, 11) is -2.39. The van der Waals surface area contributed by atoms with Crippen LogP contribution in [-0.2, 0) is 17.1 Å². The van der Waals surface area contributed by atoms with Gasteiger partial charge in [0.1, 0.15) is 22.2 Å². The number of hydrogen-bond acceptors (Lipinski definition) is 4. The van der Waals surface area contributed by atoms with Crippen molar-refractivity contribution in [1.29, 1.82) is 0 Å². The van der Waals surface area contributed by atoms with Crippen molar-refractivity contribution in [1.82, 2.24) is 13.8 Å². The first-order chi connectivity index (χ1) is 13.1. The molecule has 0 saturated carbocycles. The molecule has 0 spiro atoms. The Morgan fingerprint density at radius 2 is 1.71 bits per heavy atom. The summed E-state index contributed by atoms with van der Waals surface area (Å²) in [5.74, 6) is -3.04. The number of sulfonamides is 1. The average molecular weight is 412 g/mol. The van der Waals surface area contributed by atoms with Crippen LogP contribution in [0.1, 0.15) is 20.8 Å². The molecule has 3 rings (SSSR count). The normalized spacial score (nSPS) is 15.6. The SMILES string of the molecule is Cn1cc(S(=O)(=O)N2CCN(C(=O)c3cc(F)ccc3F)CC2)cc1C(N)=O. The van der Waals surface area contributed by atoms with E-state index in [2.05, 4.69) is 0 Å². The fourth-order valence-electron chi connectivity index (χ4n) is 3.03.